The zero-order valence-corrected chi connectivity index (χ0v) is 22.8. The van der Waals surface area contributed by atoms with Gasteiger partial charge in [0.05, 0.1) is 19.9 Å². The fourth-order valence-electron chi connectivity index (χ4n) is 3.86. The molecule has 0 fully saturated rings. The molecule has 0 spiro atoms. The normalized spacial score (nSPS) is 11.7. The van der Waals surface area contributed by atoms with Crippen LogP contribution in [0.25, 0.3) is 11.3 Å². The van der Waals surface area contributed by atoms with E-state index < -0.39 is 17.9 Å². The van der Waals surface area contributed by atoms with Gasteiger partial charge in [-0.2, -0.15) is 0 Å². The van der Waals surface area contributed by atoms with Gasteiger partial charge in [-0.05, 0) is 48.2 Å². The molecule has 1 heterocycles. The van der Waals surface area contributed by atoms with E-state index >= 15 is 0 Å². The number of aliphatic carboxylic acids is 1. The van der Waals surface area contributed by atoms with Crippen LogP contribution < -0.4 is 19.7 Å². The van der Waals surface area contributed by atoms with E-state index in [0.29, 0.717) is 12.1 Å². The molecule has 1 unspecified atom stereocenters. The van der Waals surface area contributed by atoms with Crippen molar-refractivity contribution in [2.24, 2.45) is 5.92 Å². The van der Waals surface area contributed by atoms with E-state index in [1.807, 2.05) is 35.7 Å². The Hall–Kier alpha value is -3.59. The minimum absolute atomic E-state index is 0.215. The Balaban J connectivity index is 1.78. The number of carboxylic acids is 1. The Labute approximate surface area is 222 Å². The van der Waals surface area contributed by atoms with Gasteiger partial charge < -0.3 is 24.8 Å². The van der Waals surface area contributed by atoms with Gasteiger partial charge in [0.15, 0.2) is 5.13 Å². The summed E-state index contributed by atoms with van der Waals surface area (Å²) in [4.78, 5) is 31.2. The molecule has 1 aromatic heterocycles. The highest BCUT2D eigenvalue weighted by Gasteiger charge is 2.24. The van der Waals surface area contributed by atoms with E-state index in [-0.39, 0.29) is 5.92 Å². The van der Waals surface area contributed by atoms with Crippen LogP contribution in [0.5, 0.6) is 11.5 Å². The Bertz CT molecular complexity index is 1190. The van der Waals surface area contributed by atoms with Crippen LogP contribution in [0.3, 0.4) is 0 Å². The van der Waals surface area contributed by atoms with Crippen LogP contribution in [-0.4, -0.2) is 48.8 Å². The number of thiazole rings is 1. The Morgan fingerprint density at radius 2 is 1.84 bits per heavy atom. The molecular formula is C28H35N3O5S. The number of ether oxygens (including phenoxy) is 2. The SMILES string of the molecule is CCCCN(Cc1ccc(C(=O)NC(C(=O)O)C(C)C)cc1)c1nc(-c2cc(OC)ccc2OC)cs1. The van der Waals surface area contributed by atoms with Crippen molar-refractivity contribution in [2.45, 2.75) is 46.2 Å². The number of carboxylic acid groups (broad SMARTS) is 1. The molecule has 2 N–H and O–H groups in total. The molecule has 0 saturated carbocycles. The van der Waals surface area contributed by atoms with E-state index in [1.165, 1.54) is 0 Å². The largest absolute Gasteiger partial charge is 0.497 e. The average molecular weight is 526 g/mol. The van der Waals surface area contributed by atoms with Crippen molar-refractivity contribution in [3.8, 4) is 22.8 Å². The summed E-state index contributed by atoms with van der Waals surface area (Å²) in [6, 6.07) is 12.0. The number of rotatable bonds is 13. The molecule has 0 bridgehead atoms. The Morgan fingerprint density at radius 1 is 1.11 bits per heavy atom. The molecule has 2 aromatic carbocycles. The first-order valence-electron chi connectivity index (χ1n) is 12.3. The van der Waals surface area contributed by atoms with Crippen molar-refractivity contribution in [1.82, 2.24) is 10.3 Å². The molecule has 1 atom stereocenters. The summed E-state index contributed by atoms with van der Waals surface area (Å²) < 4.78 is 10.9. The van der Waals surface area contributed by atoms with Crippen molar-refractivity contribution < 1.29 is 24.2 Å². The van der Waals surface area contributed by atoms with Gasteiger partial charge >= 0.3 is 5.97 Å². The molecule has 198 valence electrons. The smallest absolute Gasteiger partial charge is 0.326 e. The summed E-state index contributed by atoms with van der Waals surface area (Å²) in [7, 11) is 3.27. The number of amides is 1. The standard InChI is InChI=1S/C28H35N3O5S/c1-6-7-14-31(28-29-23(17-37-28)22-15-21(35-4)12-13-24(22)36-5)16-19-8-10-20(11-9-19)26(32)30-25(18(2)3)27(33)34/h8-13,15,17-18,25H,6-7,14,16H2,1-5H3,(H,30,32)(H,33,34). The number of carbonyl (C=O) groups excluding carboxylic acids is 1. The first-order chi connectivity index (χ1) is 17.8. The van der Waals surface area contributed by atoms with Gasteiger partial charge in [-0.3, -0.25) is 4.79 Å². The van der Waals surface area contributed by atoms with Crippen LogP contribution in [0, 0.1) is 5.92 Å². The molecule has 9 heteroatoms. The zero-order chi connectivity index (χ0) is 26.9. The number of anilines is 1. The van der Waals surface area contributed by atoms with Crippen LogP contribution in [0.2, 0.25) is 0 Å². The number of carbonyl (C=O) groups is 2. The van der Waals surface area contributed by atoms with E-state index in [1.54, 1.807) is 51.5 Å². The first kappa shape index (κ1) is 28.0. The van der Waals surface area contributed by atoms with Gasteiger partial charge in [-0.15, -0.1) is 11.3 Å². The van der Waals surface area contributed by atoms with Crippen LogP contribution in [-0.2, 0) is 11.3 Å². The molecule has 0 aliphatic rings. The fraction of sp³-hybridized carbons (Fsp3) is 0.393. The summed E-state index contributed by atoms with van der Waals surface area (Å²) in [6.07, 6.45) is 2.07. The fourth-order valence-corrected chi connectivity index (χ4v) is 4.71. The van der Waals surface area contributed by atoms with Gasteiger partial charge in [-0.25, -0.2) is 9.78 Å². The van der Waals surface area contributed by atoms with Crippen molar-refractivity contribution in [1.29, 1.82) is 0 Å². The predicted molar refractivity (Wildman–Crippen MR) is 147 cm³/mol. The second kappa shape index (κ2) is 13.1. The summed E-state index contributed by atoms with van der Waals surface area (Å²) in [5.41, 5.74) is 3.15. The molecule has 3 rings (SSSR count). The summed E-state index contributed by atoms with van der Waals surface area (Å²) >= 11 is 1.57. The van der Waals surface area contributed by atoms with Crippen LogP contribution >= 0.6 is 11.3 Å². The molecule has 3 aromatic rings. The van der Waals surface area contributed by atoms with Crippen molar-refractivity contribution in [3.05, 3.63) is 59.0 Å². The third-order valence-corrected chi connectivity index (χ3v) is 6.94. The summed E-state index contributed by atoms with van der Waals surface area (Å²) in [5.74, 6) is -0.184. The molecule has 8 nitrogen and oxygen atoms in total. The maximum Gasteiger partial charge on any atom is 0.326 e. The van der Waals surface area contributed by atoms with Crippen molar-refractivity contribution >= 4 is 28.3 Å². The number of aromatic nitrogens is 1. The molecule has 0 radical (unpaired) electrons. The molecule has 0 aliphatic heterocycles. The van der Waals surface area contributed by atoms with Crippen molar-refractivity contribution in [2.75, 3.05) is 25.7 Å². The molecule has 1 amide bonds. The second-order valence-corrected chi connectivity index (χ2v) is 9.92. The predicted octanol–water partition coefficient (Wildman–Crippen LogP) is 5.47. The highest BCUT2D eigenvalue weighted by atomic mass is 32.1. The highest BCUT2D eigenvalue weighted by molar-refractivity contribution is 7.14. The maximum absolute atomic E-state index is 12.6. The van der Waals surface area contributed by atoms with E-state index in [4.69, 9.17) is 14.5 Å². The second-order valence-electron chi connectivity index (χ2n) is 9.09. The topological polar surface area (TPSA) is 101 Å². The maximum atomic E-state index is 12.6. The van der Waals surface area contributed by atoms with Crippen LogP contribution in [0.15, 0.2) is 47.8 Å². The molecule has 0 aliphatic carbocycles. The molecule has 37 heavy (non-hydrogen) atoms. The lowest BCUT2D eigenvalue weighted by Crippen LogP contribution is -2.44. The Kier molecular flexibility index (Phi) is 9.91. The zero-order valence-electron chi connectivity index (χ0n) is 22.0. The van der Waals surface area contributed by atoms with Gasteiger partial charge in [0.1, 0.15) is 17.5 Å². The number of methoxy groups -OCH3 is 2. The van der Waals surface area contributed by atoms with Crippen LogP contribution in [0.1, 0.15) is 49.5 Å². The third-order valence-electron chi connectivity index (χ3n) is 6.04. The van der Waals surface area contributed by atoms with Gasteiger partial charge in [-0.1, -0.05) is 39.3 Å². The number of hydrogen-bond acceptors (Lipinski definition) is 7. The van der Waals surface area contributed by atoms with E-state index in [2.05, 4.69) is 17.1 Å². The van der Waals surface area contributed by atoms with Gasteiger partial charge in [0.2, 0.25) is 0 Å². The number of nitrogens with zero attached hydrogens (tertiary/aromatic N) is 2. The number of unbranched alkanes of at least 4 members (excludes halogenated alkanes) is 1. The lowest BCUT2D eigenvalue weighted by molar-refractivity contribution is -0.140. The third kappa shape index (κ3) is 7.22. The average Bonchev–Trinajstić information content (AvgIpc) is 3.39. The molecule has 0 saturated heterocycles. The summed E-state index contributed by atoms with van der Waals surface area (Å²) in [5, 5.41) is 14.9. The first-order valence-corrected chi connectivity index (χ1v) is 13.2. The lowest BCUT2D eigenvalue weighted by Gasteiger charge is -2.22. The number of hydrogen-bond donors (Lipinski definition) is 2. The van der Waals surface area contributed by atoms with E-state index in [9.17, 15) is 14.7 Å². The van der Waals surface area contributed by atoms with Crippen molar-refractivity contribution in [3.63, 3.8) is 0 Å². The van der Waals surface area contributed by atoms with Gasteiger partial charge in [0, 0.05) is 29.6 Å². The minimum Gasteiger partial charge on any atom is -0.497 e. The lowest BCUT2D eigenvalue weighted by atomic mass is 10.0. The Morgan fingerprint density at radius 3 is 2.43 bits per heavy atom. The quantitative estimate of drug-likeness (QED) is 0.305. The highest BCUT2D eigenvalue weighted by Crippen LogP contribution is 2.36. The van der Waals surface area contributed by atoms with Gasteiger partial charge in [0.25, 0.3) is 5.91 Å². The minimum atomic E-state index is -1.04. The summed E-state index contributed by atoms with van der Waals surface area (Å²) in [6.45, 7) is 7.16. The molecular weight excluding hydrogens is 490 g/mol. The van der Waals surface area contributed by atoms with E-state index in [0.717, 1.165) is 52.8 Å². The van der Waals surface area contributed by atoms with Crippen LogP contribution in [0.4, 0.5) is 5.13 Å². The number of nitrogens with one attached hydrogen (secondary N) is 1. The number of benzene rings is 2. The monoisotopic (exact) mass is 525 g/mol.